The van der Waals surface area contributed by atoms with Gasteiger partial charge in [0, 0.05) is 19.5 Å². The first-order chi connectivity index (χ1) is 5.45. The van der Waals surface area contributed by atoms with Gasteiger partial charge in [-0.2, -0.15) is 0 Å². The maximum absolute atomic E-state index is 9.75. The molecule has 0 aromatic rings. The second-order valence-corrected chi connectivity index (χ2v) is 2.83. The van der Waals surface area contributed by atoms with Crippen molar-refractivity contribution >= 4 is 7.25 Å². The van der Waals surface area contributed by atoms with Crippen LogP contribution in [-0.2, 0) is 19.5 Å². The van der Waals surface area contributed by atoms with Crippen LogP contribution in [0.1, 0.15) is 6.42 Å². The summed E-state index contributed by atoms with van der Waals surface area (Å²) < 4.78 is 39.0. The molecule has 0 amide bonds. The maximum atomic E-state index is 9.75. The molecule has 1 radical (unpaired) electrons. The molecule has 2 aliphatic rings. The van der Waals surface area contributed by atoms with Gasteiger partial charge in [0.2, 0.25) is 0 Å². The number of fused-ring (bicyclic) bond motifs is 2. The Kier molecular flexibility index (Phi) is 4.90. The maximum Gasteiger partial charge on any atom is 0.673 e. The average molecular weight is 282 g/mol. The smallest absolute Gasteiger partial charge is 0.418 e. The Labute approximate surface area is 86.9 Å². The van der Waals surface area contributed by atoms with E-state index in [1.807, 2.05) is 0 Å². The Morgan fingerprint density at radius 3 is 1.15 bits per heavy atom. The standard InChI is InChI=1S/C7H8.BF4.Rh/c1-2-7-4-3-6(1)5-7;2-1(3,4)5;/h1-4,6-7H,5H2;;/q;-1;. The third kappa shape index (κ3) is 6.03. The SMILES string of the molecule is C1=CC2C=CC1C2.F[B-](F)(F)F.[Rh]. The van der Waals surface area contributed by atoms with E-state index in [4.69, 9.17) is 0 Å². The van der Waals surface area contributed by atoms with Gasteiger partial charge in [-0.05, 0) is 18.3 Å². The normalized spacial score (nSPS) is 28.0. The van der Waals surface area contributed by atoms with Crippen LogP contribution in [-0.4, -0.2) is 7.25 Å². The van der Waals surface area contributed by atoms with E-state index in [-0.39, 0.29) is 19.5 Å². The largest absolute Gasteiger partial charge is 0.673 e. The van der Waals surface area contributed by atoms with Gasteiger partial charge in [0.05, 0.1) is 0 Å². The summed E-state index contributed by atoms with van der Waals surface area (Å²) in [6.07, 6.45) is 10.5. The third-order valence-electron chi connectivity index (χ3n) is 1.76. The van der Waals surface area contributed by atoms with Crippen LogP contribution in [0.4, 0.5) is 17.3 Å². The Morgan fingerprint density at radius 2 is 1.08 bits per heavy atom. The fourth-order valence-corrected chi connectivity index (χ4v) is 1.33. The van der Waals surface area contributed by atoms with Crippen molar-refractivity contribution in [2.45, 2.75) is 6.42 Å². The Morgan fingerprint density at radius 1 is 0.846 bits per heavy atom. The number of hydrogen-bond acceptors (Lipinski definition) is 0. The van der Waals surface area contributed by atoms with Gasteiger partial charge in [0.1, 0.15) is 0 Å². The molecular formula is C7H8BF4Rh-. The molecular weight excluding hydrogens is 274 g/mol. The van der Waals surface area contributed by atoms with Crippen molar-refractivity contribution in [3.63, 3.8) is 0 Å². The van der Waals surface area contributed by atoms with Gasteiger partial charge in [-0.15, -0.1) is 0 Å². The van der Waals surface area contributed by atoms with Gasteiger partial charge < -0.3 is 17.3 Å². The minimum absolute atomic E-state index is 0. The van der Waals surface area contributed by atoms with E-state index in [1.54, 1.807) is 0 Å². The molecule has 2 aliphatic carbocycles. The van der Waals surface area contributed by atoms with Crippen molar-refractivity contribution < 1.29 is 36.7 Å². The fraction of sp³-hybridized carbons (Fsp3) is 0.429. The minimum atomic E-state index is -6.00. The van der Waals surface area contributed by atoms with Crippen molar-refractivity contribution in [1.29, 1.82) is 0 Å². The summed E-state index contributed by atoms with van der Waals surface area (Å²) in [6, 6.07) is 0. The van der Waals surface area contributed by atoms with Crippen LogP contribution in [0.5, 0.6) is 0 Å². The zero-order valence-electron chi connectivity index (χ0n) is 6.59. The van der Waals surface area contributed by atoms with Gasteiger partial charge in [0.25, 0.3) is 0 Å². The molecule has 0 nitrogen and oxygen atoms in total. The monoisotopic (exact) mass is 282 g/mol. The zero-order valence-corrected chi connectivity index (χ0v) is 8.23. The Bertz CT molecular complexity index is 177. The van der Waals surface area contributed by atoms with Gasteiger partial charge in [-0.25, -0.2) is 0 Å². The van der Waals surface area contributed by atoms with Gasteiger partial charge in [-0.3, -0.25) is 0 Å². The van der Waals surface area contributed by atoms with E-state index in [9.17, 15) is 17.3 Å². The molecule has 0 spiro atoms. The molecule has 0 saturated carbocycles. The topological polar surface area (TPSA) is 0 Å². The van der Waals surface area contributed by atoms with Crippen LogP contribution in [0.3, 0.4) is 0 Å². The molecule has 0 heterocycles. The Hall–Kier alpha value is -0.112. The summed E-state index contributed by atoms with van der Waals surface area (Å²) in [6.45, 7) is 0. The molecule has 0 N–H and O–H groups in total. The molecule has 77 valence electrons. The zero-order chi connectivity index (χ0) is 9.19. The summed E-state index contributed by atoms with van der Waals surface area (Å²) >= 11 is 0. The van der Waals surface area contributed by atoms with E-state index < -0.39 is 7.25 Å². The van der Waals surface area contributed by atoms with E-state index in [1.165, 1.54) is 6.42 Å². The predicted molar refractivity (Wildman–Crippen MR) is 40.1 cm³/mol. The first-order valence-corrected chi connectivity index (χ1v) is 3.69. The molecule has 0 saturated heterocycles. The third-order valence-corrected chi connectivity index (χ3v) is 1.76. The Balaban J connectivity index is 0.000000220. The minimum Gasteiger partial charge on any atom is -0.418 e. The van der Waals surface area contributed by atoms with E-state index >= 15 is 0 Å². The number of rotatable bonds is 0. The van der Waals surface area contributed by atoms with Crippen LogP contribution in [0.15, 0.2) is 24.3 Å². The van der Waals surface area contributed by atoms with Crippen LogP contribution < -0.4 is 0 Å². The van der Waals surface area contributed by atoms with Crippen molar-refractivity contribution in [3.05, 3.63) is 24.3 Å². The van der Waals surface area contributed by atoms with E-state index in [0.29, 0.717) is 0 Å². The molecule has 0 aliphatic heterocycles. The first-order valence-electron chi connectivity index (χ1n) is 3.69. The average Bonchev–Trinajstić information content (AvgIpc) is 2.42. The molecule has 0 unspecified atom stereocenters. The van der Waals surface area contributed by atoms with Gasteiger partial charge in [-0.1, -0.05) is 24.3 Å². The second kappa shape index (κ2) is 4.94. The number of halogens is 4. The van der Waals surface area contributed by atoms with E-state index in [0.717, 1.165) is 11.8 Å². The number of allylic oxidation sites excluding steroid dienone is 4. The first kappa shape index (κ1) is 12.9. The molecule has 0 aromatic carbocycles. The van der Waals surface area contributed by atoms with Gasteiger partial charge >= 0.3 is 7.25 Å². The summed E-state index contributed by atoms with van der Waals surface area (Å²) in [5.74, 6) is 1.62. The molecule has 6 heteroatoms. The second-order valence-electron chi connectivity index (χ2n) is 2.83. The van der Waals surface area contributed by atoms with Gasteiger partial charge in [0.15, 0.2) is 0 Å². The molecule has 13 heavy (non-hydrogen) atoms. The molecule has 2 bridgehead atoms. The quantitative estimate of drug-likeness (QED) is 0.364. The van der Waals surface area contributed by atoms with Crippen molar-refractivity contribution in [2.75, 3.05) is 0 Å². The summed E-state index contributed by atoms with van der Waals surface area (Å²) in [7, 11) is -6.00. The van der Waals surface area contributed by atoms with Crippen LogP contribution in [0.2, 0.25) is 0 Å². The summed E-state index contributed by atoms with van der Waals surface area (Å²) in [5, 5.41) is 0. The molecule has 0 aromatic heterocycles. The van der Waals surface area contributed by atoms with Crippen molar-refractivity contribution in [1.82, 2.24) is 0 Å². The molecule has 0 fully saturated rings. The van der Waals surface area contributed by atoms with Crippen molar-refractivity contribution in [2.24, 2.45) is 11.8 Å². The summed E-state index contributed by atoms with van der Waals surface area (Å²) in [4.78, 5) is 0. The molecule has 2 rings (SSSR count). The van der Waals surface area contributed by atoms with Crippen LogP contribution >= 0.6 is 0 Å². The fourth-order valence-electron chi connectivity index (χ4n) is 1.33. The van der Waals surface area contributed by atoms with Crippen LogP contribution in [0, 0.1) is 11.8 Å². The molecule has 0 atom stereocenters. The predicted octanol–water partition coefficient (Wildman–Crippen LogP) is 3.05. The van der Waals surface area contributed by atoms with Crippen LogP contribution in [0.25, 0.3) is 0 Å². The summed E-state index contributed by atoms with van der Waals surface area (Å²) in [5.41, 5.74) is 0. The van der Waals surface area contributed by atoms with Crippen molar-refractivity contribution in [3.8, 4) is 0 Å². The number of hydrogen-bond donors (Lipinski definition) is 0. The van der Waals surface area contributed by atoms with E-state index in [2.05, 4.69) is 24.3 Å².